The fourth-order valence-electron chi connectivity index (χ4n) is 2.18. The SMILES string of the molecule is O=C(NC(=O)c1c(F)cccc1Cl)Nc1ccc(Sc2ccc(Cl)cc2)nc1. The summed E-state index contributed by atoms with van der Waals surface area (Å²) in [6.45, 7) is 0. The molecule has 0 bridgehead atoms. The van der Waals surface area contributed by atoms with Crippen LogP contribution in [0.4, 0.5) is 14.9 Å². The summed E-state index contributed by atoms with van der Waals surface area (Å²) >= 11 is 13.1. The summed E-state index contributed by atoms with van der Waals surface area (Å²) in [5.41, 5.74) is -0.0301. The van der Waals surface area contributed by atoms with E-state index in [0.717, 1.165) is 11.0 Å². The van der Waals surface area contributed by atoms with Crippen LogP contribution in [0.2, 0.25) is 10.0 Å². The fraction of sp³-hybridized carbons (Fsp3) is 0. The van der Waals surface area contributed by atoms with Crippen LogP contribution in [0.5, 0.6) is 0 Å². The molecule has 3 rings (SSSR count). The van der Waals surface area contributed by atoms with Crippen LogP contribution in [0, 0.1) is 5.82 Å². The molecule has 2 aromatic carbocycles. The summed E-state index contributed by atoms with van der Waals surface area (Å²) in [4.78, 5) is 29.2. The molecule has 5 nitrogen and oxygen atoms in total. The molecule has 2 N–H and O–H groups in total. The van der Waals surface area contributed by atoms with Crippen molar-refractivity contribution in [3.05, 3.63) is 82.2 Å². The number of imide groups is 1. The highest BCUT2D eigenvalue weighted by Gasteiger charge is 2.18. The molecule has 1 aromatic heterocycles. The van der Waals surface area contributed by atoms with Crippen molar-refractivity contribution < 1.29 is 14.0 Å². The van der Waals surface area contributed by atoms with Gasteiger partial charge in [-0.15, -0.1) is 0 Å². The predicted octanol–water partition coefficient (Wildman–Crippen LogP) is 5.64. The monoisotopic (exact) mass is 435 g/mol. The van der Waals surface area contributed by atoms with E-state index < -0.39 is 23.3 Å². The van der Waals surface area contributed by atoms with E-state index in [9.17, 15) is 14.0 Å². The molecule has 0 aliphatic carbocycles. The molecule has 3 aromatic rings. The first kappa shape index (κ1) is 20.1. The van der Waals surface area contributed by atoms with Crippen LogP contribution in [0.1, 0.15) is 10.4 Å². The Bertz CT molecular complexity index is 994. The maximum Gasteiger partial charge on any atom is 0.326 e. The zero-order valence-electron chi connectivity index (χ0n) is 14.1. The van der Waals surface area contributed by atoms with Crippen molar-refractivity contribution in [1.29, 1.82) is 0 Å². The summed E-state index contributed by atoms with van der Waals surface area (Å²) in [5.74, 6) is -1.76. The molecule has 3 amide bonds. The minimum atomic E-state index is -0.941. The standard InChI is InChI=1S/C19H12Cl2FN3O2S/c20-11-4-7-13(8-5-11)28-16-9-6-12(10-23-16)24-19(27)25-18(26)17-14(21)2-1-3-15(17)22/h1-10H,(H2,24,25,26,27). The number of amides is 3. The summed E-state index contributed by atoms with van der Waals surface area (Å²) < 4.78 is 13.7. The third kappa shape index (κ3) is 5.22. The Morgan fingerprint density at radius 2 is 1.75 bits per heavy atom. The van der Waals surface area contributed by atoms with Gasteiger partial charge in [-0.3, -0.25) is 10.1 Å². The molecule has 142 valence electrons. The Kier molecular flexibility index (Phi) is 6.51. The number of carbonyl (C=O) groups excluding carboxylic acids is 2. The van der Waals surface area contributed by atoms with E-state index in [4.69, 9.17) is 23.2 Å². The van der Waals surface area contributed by atoms with Gasteiger partial charge >= 0.3 is 6.03 Å². The Hall–Kier alpha value is -2.61. The second-order valence-corrected chi connectivity index (χ2v) is 7.38. The number of nitrogens with one attached hydrogen (secondary N) is 2. The van der Waals surface area contributed by atoms with E-state index in [0.29, 0.717) is 15.7 Å². The van der Waals surface area contributed by atoms with Gasteiger partial charge < -0.3 is 5.32 Å². The Morgan fingerprint density at radius 1 is 1.00 bits per heavy atom. The number of hydrogen-bond donors (Lipinski definition) is 2. The van der Waals surface area contributed by atoms with Crippen molar-refractivity contribution in [2.45, 2.75) is 9.92 Å². The summed E-state index contributed by atoms with van der Waals surface area (Å²) in [6.07, 6.45) is 1.44. The predicted molar refractivity (Wildman–Crippen MR) is 108 cm³/mol. The quantitative estimate of drug-likeness (QED) is 0.555. The number of benzene rings is 2. The highest BCUT2D eigenvalue weighted by atomic mass is 35.5. The zero-order chi connectivity index (χ0) is 20.1. The molecule has 28 heavy (non-hydrogen) atoms. The van der Waals surface area contributed by atoms with E-state index in [2.05, 4.69) is 10.3 Å². The van der Waals surface area contributed by atoms with Crippen molar-refractivity contribution in [2.75, 3.05) is 5.32 Å². The Balaban J connectivity index is 1.60. The topological polar surface area (TPSA) is 71.1 Å². The van der Waals surface area contributed by atoms with Crippen molar-refractivity contribution >= 4 is 52.6 Å². The van der Waals surface area contributed by atoms with Crippen molar-refractivity contribution in [1.82, 2.24) is 10.3 Å². The molecule has 0 aliphatic heterocycles. The van der Waals surface area contributed by atoms with Crippen molar-refractivity contribution in [3.8, 4) is 0 Å². The molecule has 0 spiro atoms. The average molecular weight is 436 g/mol. The molecule has 0 saturated heterocycles. The molecule has 0 atom stereocenters. The van der Waals surface area contributed by atoms with Gasteiger partial charge in [0.05, 0.1) is 22.5 Å². The zero-order valence-corrected chi connectivity index (χ0v) is 16.4. The lowest BCUT2D eigenvalue weighted by atomic mass is 10.2. The smallest absolute Gasteiger partial charge is 0.306 e. The number of halogens is 3. The summed E-state index contributed by atoms with van der Waals surface area (Å²) in [6, 6.07) is 13.6. The van der Waals surface area contributed by atoms with Gasteiger partial charge in [-0.1, -0.05) is 41.0 Å². The number of anilines is 1. The lowest BCUT2D eigenvalue weighted by molar-refractivity contribution is 0.0963. The normalized spacial score (nSPS) is 10.4. The highest BCUT2D eigenvalue weighted by molar-refractivity contribution is 7.99. The second kappa shape index (κ2) is 9.05. The second-order valence-electron chi connectivity index (χ2n) is 5.45. The van der Waals surface area contributed by atoms with E-state index in [1.807, 2.05) is 17.4 Å². The first-order chi connectivity index (χ1) is 13.4. The Labute approximate surface area is 174 Å². The van der Waals surface area contributed by atoms with E-state index in [1.54, 1.807) is 24.3 Å². The number of carbonyl (C=O) groups is 2. The molecule has 0 radical (unpaired) electrons. The first-order valence-electron chi connectivity index (χ1n) is 7.88. The third-order valence-electron chi connectivity index (χ3n) is 3.45. The Morgan fingerprint density at radius 3 is 2.39 bits per heavy atom. The van der Waals surface area contributed by atoms with Gasteiger partial charge in [0.1, 0.15) is 10.8 Å². The maximum atomic E-state index is 13.7. The van der Waals surface area contributed by atoms with Gasteiger partial charge in [0.25, 0.3) is 5.91 Å². The molecule has 1 heterocycles. The van der Waals surface area contributed by atoms with E-state index in [1.165, 1.54) is 30.1 Å². The number of pyridine rings is 1. The van der Waals surface area contributed by atoms with E-state index >= 15 is 0 Å². The lowest BCUT2D eigenvalue weighted by Crippen LogP contribution is -2.35. The molecular weight excluding hydrogens is 424 g/mol. The highest BCUT2D eigenvalue weighted by Crippen LogP contribution is 2.27. The molecule has 0 saturated carbocycles. The average Bonchev–Trinajstić information content (AvgIpc) is 2.65. The van der Waals surface area contributed by atoms with E-state index in [-0.39, 0.29) is 5.02 Å². The van der Waals surface area contributed by atoms with Crippen LogP contribution in [0.3, 0.4) is 0 Å². The van der Waals surface area contributed by atoms with Crippen LogP contribution in [-0.2, 0) is 0 Å². The van der Waals surface area contributed by atoms with Gasteiger partial charge in [0, 0.05) is 9.92 Å². The first-order valence-corrected chi connectivity index (χ1v) is 9.45. The number of aromatic nitrogens is 1. The number of nitrogens with zero attached hydrogens (tertiary/aromatic N) is 1. The molecular formula is C19H12Cl2FN3O2S. The fourth-order valence-corrected chi connectivity index (χ4v) is 3.31. The number of rotatable bonds is 4. The van der Waals surface area contributed by atoms with Gasteiger partial charge in [-0.05, 0) is 48.5 Å². The minimum Gasteiger partial charge on any atom is -0.306 e. The minimum absolute atomic E-state index is 0.0875. The number of urea groups is 1. The van der Waals surface area contributed by atoms with Crippen LogP contribution in [0.15, 0.2) is 70.7 Å². The van der Waals surface area contributed by atoms with Gasteiger partial charge in [0.15, 0.2) is 0 Å². The van der Waals surface area contributed by atoms with Gasteiger partial charge in [-0.25, -0.2) is 14.2 Å². The summed E-state index contributed by atoms with van der Waals surface area (Å²) in [5, 5.41) is 5.75. The van der Waals surface area contributed by atoms with Crippen LogP contribution in [-0.4, -0.2) is 16.9 Å². The van der Waals surface area contributed by atoms with Crippen LogP contribution in [0.25, 0.3) is 0 Å². The lowest BCUT2D eigenvalue weighted by Gasteiger charge is -2.08. The van der Waals surface area contributed by atoms with Crippen molar-refractivity contribution in [3.63, 3.8) is 0 Å². The molecule has 0 aliphatic rings. The maximum absolute atomic E-state index is 13.7. The molecule has 0 fully saturated rings. The van der Waals surface area contributed by atoms with Crippen molar-refractivity contribution in [2.24, 2.45) is 0 Å². The third-order valence-corrected chi connectivity index (χ3v) is 4.97. The van der Waals surface area contributed by atoms with Crippen LogP contribution < -0.4 is 10.6 Å². The molecule has 9 heteroatoms. The largest absolute Gasteiger partial charge is 0.326 e. The number of hydrogen-bond acceptors (Lipinski definition) is 4. The molecule has 0 unspecified atom stereocenters. The van der Waals surface area contributed by atoms with Gasteiger partial charge in [-0.2, -0.15) is 0 Å². The summed E-state index contributed by atoms with van der Waals surface area (Å²) in [7, 11) is 0. The van der Waals surface area contributed by atoms with Gasteiger partial charge in [0.2, 0.25) is 0 Å². The van der Waals surface area contributed by atoms with Crippen LogP contribution >= 0.6 is 35.0 Å².